The molecular weight excluding hydrogens is 652 g/mol. The minimum Gasteiger partial charge on any atom is -0.394 e. The van der Waals surface area contributed by atoms with Crippen LogP contribution in [0.25, 0.3) is 0 Å². The van der Waals surface area contributed by atoms with Crippen molar-refractivity contribution in [3.05, 3.63) is 0 Å². The van der Waals surface area contributed by atoms with Crippen LogP contribution >= 0.6 is 0 Å². The van der Waals surface area contributed by atoms with Gasteiger partial charge >= 0.3 is 0 Å². The summed E-state index contributed by atoms with van der Waals surface area (Å²) >= 11 is 0. The summed E-state index contributed by atoms with van der Waals surface area (Å²) in [4.78, 5) is 27.9. The van der Waals surface area contributed by atoms with Gasteiger partial charge in [-0.15, -0.1) is 0 Å². The molecule has 0 aromatic rings. The summed E-state index contributed by atoms with van der Waals surface area (Å²) in [6, 6.07) is 0. The van der Waals surface area contributed by atoms with Gasteiger partial charge in [-0.2, -0.15) is 0 Å². The first-order chi connectivity index (χ1) is 24.6. The Bertz CT molecular complexity index is 887. The Labute approximate surface area is 309 Å². The molecule has 0 spiro atoms. The molecule has 1 saturated heterocycles. The maximum Gasteiger partial charge on any atom is 0.193 e. The van der Waals surface area contributed by atoms with Gasteiger partial charge in [-0.25, -0.2) is 0 Å². The number of carbonyl (C=O) groups excluding carboxylic acids is 2. The van der Waals surface area contributed by atoms with Gasteiger partial charge in [-0.3, -0.25) is 9.59 Å². The van der Waals surface area contributed by atoms with Gasteiger partial charge < -0.3 is 40.5 Å². The average molecular weight is 731 g/mol. The van der Waals surface area contributed by atoms with Crippen LogP contribution in [-0.4, -0.2) is 102 Å². The zero-order chi connectivity index (χ0) is 38.0. The Kier molecular flexibility index (Phi) is 26.8. The van der Waals surface area contributed by atoms with E-state index in [1.165, 1.54) is 89.9 Å². The summed E-state index contributed by atoms with van der Waals surface area (Å²) in [5, 5.41) is 75.5. The van der Waals surface area contributed by atoms with Crippen molar-refractivity contribution in [3.63, 3.8) is 0 Å². The number of aliphatic hydroxyl groups excluding tert-OH is 6. The van der Waals surface area contributed by atoms with Gasteiger partial charge in [-0.05, 0) is 12.8 Å². The van der Waals surface area contributed by atoms with Gasteiger partial charge in [0.15, 0.2) is 22.8 Å². The molecule has 1 heterocycles. The number of aliphatic hydroxyl groups is 7. The van der Waals surface area contributed by atoms with Gasteiger partial charge in [0.25, 0.3) is 0 Å². The number of hydrogen-bond donors (Lipinski definition) is 7. The molecule has 0 amide bonds. The van der Waals surface area contributed by atoms with Crippen molar-refractivity contribution in [2.75, 3.05) is 13.2 Å². The normalized spacial score (nSPS) is 24.8. The largest absolute Gasteiger partial charge is 0.394 e. The number of hydrogen-bond acceptors (Lipinski definition) is 10. The molecule has 0 aromatic carbocycles. The van der Waals surface area contributed by atoms with E-state index in [0.29, 0.717) is 25.7 Å². The van der Waals surface area contributed by atoms with E-state index in [0.717, 1.165) is 51.4 Å². The van der Waals surface area contributed by atoms with E-state index >= 15 is 0 Å². The van der Waals surface area contributed by atoms with Crippen molar-refractivity contribution in [1.82, 2.24) is 0 Å². The minimum atomic E-state index is -3.13. The van der Waals surface area contributed by atoms with E-state index in [-0.39, 0.29) is 12.8 Å². The molecule has 0 bridgehead atoms. The molecule has 1 unspecified atom stereocenters. The zero-order valence-corrected chi connectivity index (χ0v) is 32.5. The molecule has 0 aliphatic carbocycles. The molecule has 51 heavy (non-hydrogen) atoms. The smallest absolute Gasteiger partial charge is 0.193 e. The van der Waals surface area contributed by atoms with Crippen LogP contribution in [0.3, 0.4) is 0 Å². The Morgan fingerprint density at radius 2 is 0.902 bits per heavy atom. The van der Waals surface area contributed by atoms with Gasteiger partial charge in [0, 0.05) is 12.8 Å². The lowest BCUT2D eigenvalue weighted by Gasteiger charge is -2.56. The number of Topliss-reactive ketones (excluding diaryl/α,β-unsaturated/α-hetero) is 2. The molecule has 7 atom stereocenters. The third kappa shape index (κ3) is 15.7. The Morgan fingerprint density at radius 3 is 1.24 bits per heavy atom. The maximum absolute atomic E-state index is 14.0. The second-order valence-electron chi connectivity index (χ2n) is 15.3. The SMILES string of the molecule is CCCCCCCCCCCCCCCC(=O)[C@@]1(O)[C@@H](O)[C@@H](O)[C@@H](CO)O[C@@]1(C(=O)CCCCCCCCCCCCCCC)C(O)[C@@H](O)CO. The minimum absolute atomic E-state index is 0.248. The van der Waals surface area contributed by atoms with E-state index < -0.39 is 66.5 Å². The van der Waals surface area contributed by atoms with Crippen LogP contribution in [0.1, 0.15) is 194 Å². The van der Waals surface area contributed by atoms with Crippen LogP contribution in [0, 0.1) is 0 Å². The molecule has 1 fully saturated rings. The van der Waals surface area contributed by atoms with Crippen LogP contribution in [0.5, 0.6) is 0 Å². The number of carbonyl (C=O) groups is 2. The number of unbranched alkanes of at least 4 members (excludes halogenated alkanes) is 24. The summed E-state index contributed by atoms with van der Waals surface area (Å²) in [5.74, 6) is -1.94. The highest BCUT2D eigenvalue weighted by molar-refractivity contribution is 6.01. The summed E-state index contributed by atoms with van der Waals surface area (Å²) < 4.78 is 5.77. The lowest BCUT2D eigenvalue weighted by atomic mass is 9.63. The fraction of sp³-hybridized carbons (Fsp3) is 0.951. The fourth-order valence-corrected chi connectivity index (χ4v) is 7.68. The predicted molar refractivity (Wildman–Crippen MR) is 201 cm³/mol. The van der Waals surface area contributed by atoms with E-state index in [2.05, 4.69) is 13.8 Å². The third-order valence-corrected chi connectivity index (χ3v) is 11.0. The molecule has 10 nitrogen and oxygen atoms in total. The quantitative estimate of drug-likeness (QED) is 0.0367. The van der Waals surface area contributed by atoms with Gasteiger partial charge in [-0.1, -0.05) is 168 Å². The molecular formula is C41H78O10. The van der Waals surface area contributed by atoms with E-state index in [9.17, 15) is 45.3 Å². The first kappa shape index (κ1) is 48.0. The molecule has 10 heteroatoms. The van der Waals surface area contributed by atoms with Crippen molar-refractivity contribution in [3.8, 4) is 0 Å². The number of ether oxygens (including phenoxy) is 1. The highest BCUT2D eigenvalue weighted by Gasteiger charge is 2.73. The molecule has 1 aliphatic heterocycles. The number of ketones is 2. The average Bonchev–Trinajstić information content (AvgIpc) is 3.13. The molecule has 0 aromatic heterocycles. The molecule has 7 N–H and O–H groups in total. The molecule has 1 rings (SSSR count). The van der Waals surface area contributed by atoms with Crippen LogP contribution in [0.4, 0.5) is 0 Å². The van der Waals surface area contributed by atoms with Gasteiger partial charge in [0.1, 0.15) is 30.5 Å². The van der Waals surface area contributed by atoms with Crippen molar-refractivity contribution >= 4 is 11.6 Å². The molecule has 0 radical (unpaired) electrons. The van der Waals surface area contributed by atoms with Crippen LogP contribution < -0.4 is 0 Å². The Hall–Kier alpha value is -0.980. The van der Waals surface area contributed by atoms with Crippen molar-refractivity contribution in [1.29, 1.82) is 0 Å². The summed E-state index contributed by atoms with van der Waals surface area (Å²) in [7, 11) is 0. The van der Waals surface area contributed by atoms with Gasteiger partial charge in [0.05, 0.1) is 13.2 Å². The standard InChI is InChI=1S/C41H78O10/c1-3-5-7-9-11-13-15-17-19-21-23-25-27-29-35(45)40(50)39(49)37(47)34(32-43)51-41(40,38(48)33(44)31-42)36(46)30-28-26-24-22-20-18-16-14-12-10-8-6-4-2/h33-34,37-39,42-44,47-50H,3-32H2,1-2H3/t33-,34+,37-,38?,39-,40+,41-/m0/s1. The second-order valence-corrected chi connectivity index (χ2v) is 15.3. The van der Waals surface area contributed by atoms with Crippen molar-refractivity contribution in [2.45, 2.75) is 235 Å². The van der Waals surface area contributed by atoms with Crippen molar-refractivity contribution in [2.24, 2.45) is 0 Å². The van der Waals surface area contributed by atoms with Gasteiger partial charge in [0.2, 0.25) is 0 Å². The van der Waals surface area contributed by atoms with Crippen LogP contribution in [0.2, 0.25) is 0 Å². The molecule has 302 valence electrons. The first-order valence-corrected chi connectivity index (χ1v) is 21.0. The topological polar surface area (TPSA) is 185 Å². The monoisotopic (exact) mass is 731 g/mol. The Balaban J connectivity index is 2.80. The highest BCUT2D eigenvalue weighted by atomic mass is 16.6. The summed E-state index contributed by atoms with van der Waals surface area (Å²) in [6.07, 6.45) is 17.3. The van der Waals surface area contributed by atoms with E-state index in [1.807, 2.05) is 0 Å². The van der Waals surface area contributed by atoms with Crippen molar-refractivity contribution < 1.29 is 50.1 Å². The van der Waals surface area contributed by atoms with Crippen LogP contribution in [0.15, 0.2) is 0 Å². The second kappa shape index (κ2) is 28.5. The van der Waals surface area contributed by atoms with E-state index in [4.69, 9.17) is 4.74 Å². The predicted octanol–water partition coefficient (Wildman–Crippen LogP) is 6.38. The maximum atomic E-state index is 14.0. The lowest BCUT2D eigenvalue weighted by Crippen LogP contribution is -2.82. The fourth-order valence-electron chi connectivity index (χ4n) is 7.68. The molecule has 0 saturated carbocycles. The molecule has 1 aliphatic rings. The van der Waals surface area contributed by atoms with E-state index in [1.54, 1.807) is 0 Å². The summed E-state index contributed by atoms with van der Waals surface area (Å²) in [6.45, 7) is 2.52. The highest BCUT2D eigenvalue weighted by Crippen LogP contribution is 2.45. The summed E-state index contributed by atoms with van der Waals surface area (Å²) in [5.41, 5.74) is -6.04. The zero-order valence-electron chi connectivity index (χ0n) is 32.5. The first-order valence-electron chi connectivity index (χ1n) is 21.0. The lowest BCUT2D eigenvalue weighted by molar-refractivity contribution is -0.323. The van der Waals surface area contributed by atoms with Crippen LogP contribution in [-0.2, 0) is 14.3 Å². The number of rotatable bonds is 34. The Morgan fingerprint density at radius 1 is 0.569 bits per heavy atom. The third-order valence-electron chi connectivity index (χ3n) is 11.0.